The fourth-order valence-electron chi connectivity index (χ4n) is 1.99. The van der Waals surface area contributed by atoms with Gasteiger partial charge >= 0.3 is 0 Å². The standard InChI is InChI=1S/C14H15ClFN3/c15-12-4-2-1-3-9(12)7-14(19-18)11-8-10(16)5-6-13(11)17/h1-6,8,14,19H,7,17-18H2. The van der Waals surface area contributed by atoms with Crippen molar-refractivity contribution < 1.29 is 4.39 Å². The predicted molar refractivity (Wildman–Crippen MR) is 76.0 cm³/mol. The molecule has 2 aromatic carbocycles. The van der Waals surface area contributed by atoms with Crippen LogP contribution in [0.4, 0.5) is 10.1 Å². The maximum absolute atomic E-state index is 13.3. The monoisotopic (exact) mass is 279 g/mol. The van der Waals surface area contributed by atoms with Crippen molar-refractivity contribution >= 4 is 17.3 Å². The highest BCUT2D eigenvalue weighted by Crippen LogP contribution is 2.26. The minimum absolute atomic E-state index is 0.296. The number of anilines is 1. The van der Waals surface area contributed by atoms with Gasteiger partial charge in [0.25, 0.3) is 0 Å². The van der Waals surface area contributed by atoms with Crippen molar-refractivity contribution in [3.05, 3.63) is 64.4 Å². The Morgan fingerprint density at radius 2 is 1.95 bits per heavy atom. The van der Waals surface area contributed by atoms with Gasteiger partial charge in [-0.2, -0.15) is 0 Å². The van der Waals surface area contributed by atoms with Gasteiger partial charge in [0.2, 0.25) is 0 Å². The molecular weight excluding hydrogens is 265 g/mol. The smallest absolute Gasteiger partial charge is 0.123 e. The van der Waals surface area contributed by atoms with Crippen molar-refractivity contribution in [2.75, 3.05) is 5.73 Å². The number of rotatable bonds is 4. The maximum Gasteiger partial charge on any atom is 0.123 e. The molecule has 5 heteroatoms. The topological polar surface area (TPSA) is 64.1 Å². The van der Waals surface area contributed by atoms with E-state index in [-0.39, 0.29) is 11.9 Å². The first-order valence-electron chi connectivity index (χ1n) is 5.86. The Morgan fingerprint density at radius 3 is 2.63 bits per heavy atom. The maximum atomic E-state index is 13.3. The molecule has 0 bridgehead atoms. The molecule has 3 nitrogen and oxygen atoms in total. The molecule has 1 unspecified atom stereocenters. The second-order valence-corrected chi connectivity index (χ2v) is 4.70. The van der Waals surface area contributed by atoms with Crippen molar-refractivity contribution in [3.63, 3.8) is 0 Å². The Hall–Kier alpha value is -1.62. The first-order valence-corrected chi connectivity index (χ1v) is 6.24. The summed E-state index contributed by atoms with van der Waals surface area (Å²) >= 11 is 6.11. The second kappa shape index (κ2) is 6.02. The molecule has 0 saturated carbocycles. The van der Waals surface area contributed by atoms with Gasteiger partial charge in [-0.1, -0.05) is 29.8 Å². The molecule has 0 radical (unpaired) electrons. The molecule has 0 aliphatic rings. The Kier molecular flexibility index (Phi) is 4.37. The number of nitrogens with two attached hydrogens (primary N) is 2. The number of hydrogen-bond acceptors (Lipinski definition) is 3. The lowest BCUT2D eigenvalue weighted by Gasteiger charge is -2.19. The van der Waals surface area contributed by atoms with E-state index in [2.05, 4.69) is 5.43 Å². The summed E-state index contributed by atoms with van der Waals surface area (Å²) in [5.74, 6) is 5.21. The molecule has 19 heavy (non-hydrogen) atoms. The number of hydrogen-bond donors (Lipinski definition) is 3. The van der Waals surface area contributed by atoms with Gasteiger partial charge in [0, 0.05) is 10.7 Å². The fourth-order valence-corrected chi connectivity index (χ4v) is 2.20. The average Bonchev–Trinajstić information content (AvgIpc) is 2.41. The van der Waals surface area contributed by atoms with Crippen LogP contribution in [0.15, 0.2) is 42.5 Å². The predicted octanol–water partition coefficient (Wildman–Crippen LogP) is 2.81. The lowest BCUT2D eigenvalue weighted by atomic mass is 9.98. The van der Waals surface area contributed by atoms with Gasteiger partial charge in [0.05, 0.1) is 6.04 Å². The summed E-state index contributed by atoms with van der Waals surface area (Å²) in [7, 11) is 0. The van der Waals surface area contributed by atoms with E-state index in [1.165, 1.54) is 18.2 Å². The minimum Gasteiger partial charge on any atom is -0.398 e. The first kappa shape index (κ1) is 13.8. The van der Waals surface area contributed by atoms with E-state index in [4.69, 9.17) is 23.2 Å². The van der Waals surface area contributed by atoms with E-state index >= 15 is 0 Å². The highest BCUT2D eigenvalue weighted by atomic mass is 35.5. The van der Waals surface area contributed by atoms with Gasteiger partial charge in [0.15, 0.2) is 0 Å². The van der Waals surface area contributed by atoms with Crippen LogP contribution in [0.2, 0.25) is 5.02 Å². The van der Waals surface area contributed by atoms with E-state index in [1.54, 1.807) is 6.07 Å². The van der Waals surface area contributed by atoms with Gasteiger partial charge in [-0.15, -0.1) is 0 Å². The number of hydrazine groups is 1. The third-order valence-corrected chi connectivity index (χ3v) is 3.38. The van der Waals surface area contributed by atoms with Crippen LogP contribution >= 0.6 is 11.6 Å². The van der Waals surface area contributed by atoms with E-state index in [0.717, 1.165) is 5.56 Å². The summed E-state index contributed by atoms with van der Waals surface area (Å²) in [5.41, 5.74) is 10.6. The summed E-state index contributed by atoms with van der Waals surface area (Å²) in [6, 6.07) is 11.4. The normalized spacial score (nSPS) is 12.4. The number of nitrogens with one attached hydrogen (secondary N) is 1. The number of nitrogen functional groups attached to an aromatic ring is 1. The molecule has 0 saturated heterocycles. The van der Waals surface area contributed by atoms with Gasteiger partial charge < -0.3 is 5.73 Å². The SMILES string of the molecule is NNC(Cc1ccccc1Cl)c1cc(F)ccc1N. The molecule has 5 N–H and O–H groups in total. The molecule has 0 heterocycles. The third kappa shape index (κ3) is 3.23. The van der Waals surface area contributed by atoms with Crippen LogP contribution in [0, 0.1) is 5.82 Å². The zero-order valence-corrected chi connectivity index (χ0v) is 11.0. The molecule has 0 amide bonds. The van der Waals surface area contributed by atoms with Crippen LogP contribution in [-0.4, -0.2) is 0 Å². The van der Waals surface area contributed by atoms with Crippen LogP contribution in [0.5, 0.6) is 0 Å². The number of halogens is 2. The van der Waals surface area contributed by atoms with Crippen LogP contribution in [0.3, 0.4) is 0 Å². The molecule has 0 aliphatic carbocycles. The average molecular weight is 280 g/mol. The molecule has 100 valence electrons. The molecule has 0 spiro atoms. The lowest BCUT2D eigenvalue weighted by Crippen LogP contribution is -2.30. The summed E-state index contributed by atoms with van der Waals surface area (Å²) in [6.45, 7) is 0. The van der Waals surface area contributed by atoms with Crippen molar-refractivity contribution in [2.45, 2.75) is 12.5 Å². The molecular formula is C14H15ClFN3. The first-order chi connectivity index (χ1) is 9.11. The zero-order valence-electron chi connectivity index (χ0n) is 10.2. The number of benzene rings is 2. The zero-order chi connectivity index (χ0) is 13.8. The molecule has 0 aromatic heterocycles. The van der Waals surface area contributed by atoms with Crippen LogP contribution < -0.4 is 17.0 Å². The van der Waals surface area contributed by atoms with Crippen molar-refractivity contribution in [3.8, 4) is 0 Å². The van der Waals surface area contributed by atoms with Gasteiger partial charge in [0.1, 0.15) is 5.82 Å². The van der Waals surface area contributed by atoms with E-state index in [1.807, 2.05) is 18.2 Å². The second-order valence-electron chi connectivity index (χ2n) is 4.29. The molecule has 2 rings (SSSR count). The Bertz CT molecular complexity index is 574. The third-order valence-electron chi connectivity index (χ3n) is 3.01. The van der Waals surface area contributed by atoms with E-state index < -0.39 is 0 Å². The van der Waals surface area contributed by atoms with Crippen LogP contribution in [0.1, 0.15) is 17.2 Å². The van der Waals surface area contributed by atoms with Gasteiger partial charge in [-0.25, -0.2) is 4.39 Å². The molecule has 2 aromatic rings. The molecule has 0 fully saturated rings. The molecule has 1 atom stereocenters. The Morgan fingerprint density at radius 1 is 1.21 bits per heavy atom. The van der Waals surface area contributed by atoms with E-state index in [0.29, 0.717) is 22.7 Å². The summed E-state index contributed by atoms with van der Waals surface area (Å²) in [6.07, 6.45) is 0.532. The van der Waals surface area contributed by atoms with Crippen molar-refractivity contribution in [1.82, 2.24) is 5.43 Å². The summed E-state index contributed by atoms with van der Waals surface area (Å²) in [5, 5.41) is 0.651. The van der Waals surface area contributed by atoms with E-state index in [9.17, 15) is 4.39 Å². The van der Waals surface area contributed by atoms with Crippen molar-refractivity contribution in [1.29, 1.82) is 0 Å². The van der Waals surface area contributed by atoms with Gasteiger partial charge in [-0.3, -0.25) is 11.3 Å². The highest BCUT2D eigenvalue weighted by Gasteiger charge is 2.15. The molecule has 0 aliphatic heterocycles. The van der Waals surface area contributed by atoms with Crippen LogP contribution in [0.25, 0.3) is 0 Å². The Balaban J connectivity index is 2.30. The lowest BCUT2D eigenvalue weighted by molar-refractivity contribution is 0.546. The fraction of sp³-hybridized carbons (Fsp3) is 0.143. The van der Waals surface area contributed by atoms with Gasteiger partial charge in [-0.05, 0) is 41.8 Å². The largest absolute Gasteiger partial charge is 0.398 e. The summed E-state index contributed by atoms with van der Waals surface area (Å²) in [4.78, 5) is 0. The van der Waals surface area contributed by atoms with Crippen LogP contribution in [-0.2, 0) is 6.42 Å². The summed E-state index contributed by atoms with van der Waals surface area (Å²) < 4.78 is 13.3. The minimum atomic E-state index is -0.344. The Labute approximate surface area is 116 Å². The van der Waals surface area contributed by atoms with Crippen molar-refractivity contribution in [2.24, 2.45) is 5.84 Å². The highest BCUT2D eigenvalue weighted by molar-refractivity contribution is 6.31. The quantitative estimate of drug-likeness (QED) is 0.458.